The first-order chi connectivity index (χ1) is 6.83. The smallest absolute Gasteiger partial charge is 0.217 e. The molecule has 0 unspecified atom stereocenters. The van der Waals surface area contributed by atoms with Gasteiger partial charge in [0.25, 0.3) is 0 Å². The van der Waals surface area contributed by atoms with Gasteiger partial charge in [-0.05, 0) is 19.3 Å². The Morgan fingerprint density at radius 2 is 2.14 bits per heavy atom. The molecule has 1 rings (SSSR count). The highest BCUT2D eigenvalue weighted by atomic mass is 19.1. The van der Waals surface area contributed by atoms with Crippen molar-refractivity contribution in [1.82, 2.24) is 9.97 Å². The van der Waals surface area contributed by atoms with E-state index in [0.29, 0.717) is 5.82 Å². The van der Waals surface area contributed by atoms with Crippen LogP contribution in [-0.4, -0.2) is 28.2 Å². The number of hydrogen-bond donors (Lipinski definition) is 2. The summed E-state index contributed by atoms with van der Waals surface area (Å²) in [4.78, 5) is 7.19. The molecule has 1 aromatic rings. The summed E-state index contributed by atoms with van der Waals surface area (Å²) in [5, 5.41) is 11.5. The lowest BCUT2D eigenvalue weighted by molar-refractivity contribution is 0.283. The lowest BCUT2D eigenvalue weighted by atomic mass is 10.2. The maximum absolute atomic E-state index is 12.6. The molecule has 0 aromatic carbocycles. The van der Waals surface area contributed by atoms with Gasteiger partial charge in [0.15, 0.2) is 0 Å². The minimum atomic E-state index is -0.530. The fraction of sp³-hybridized carbons (Fsp3) is 0.556. The van der Waals surface area contributed by atoms with E-state index in [9.17, 15) is 4.39 Å². The molecular weight excluding hydrogens is 185 g/mol. The zero-order valence-corrected chi connectivity index (χ0v) is 7.91. The number of nitrogens with zero attached hydrogens (tertiary/aromatic N) is 2. The van der Waals surface area contributed by atoms with Crippen molar-refractivity contribution in [2.24, 2.45) is 0 Å². The predicted molar refractivity (Wildman–Crippen MR) is 51.4 cm³/mol. The van der Waals surface area contributed by atoms with Gasteiger partial charge >= 0.3 is 0 Å². The Bertz CT molecular complexity index is 270. The van der Waals surface area contributed by atoms with Crippen LogP contribution >= 0.6 is 0 Å². The van der Waals surface area contributed by atoms with Crippen molar-refractivity contribution in [3.8, 4) is 0 Å². The second-order valence-electron chi connectivity index (χ2n) is 2.94. The fourth-order valence-electron chi connectivity index (χ4n) is 1.06. The first-order valence-corrected chi connectivity index (χ1v) is 4.65. The summed E-state index contributed by atoms with van der Waals surface area (Å²) in [5.41, 5.74) is 0. The van der Waals surface area contributed by atoms with Crippen LogP contribution in [0.3, 0.4) is 0 Å². The van der Waals surface area contributed by atoms with Crippen LogP contribution in [0.15, 0.2) is 12.4 Å². The highest BCUT2D eigenvalue weighted by molar-refractivity contribution is 5.31. The predicted octanol–water partition coefficient (Wildman–Crippen LogP) is 1.19. The van der Waals surface area contributed by atoms with Crippen molar-refractivity contribution in [3.05, 3.63) is 18.3 Å². The monoisotopic (exact) mass is 199 g/mol. The van der Waals surface area contributed by atoms with E-state index in [1.807, 2.05) is 0 Å². The maximum Gasteiger partial charge on any atom is 0.217 e. The maximum atomic E-state index is 12.6. The number of aromatic nitrogens is 2. The minimum absolute atomic E-state index is 0.224. The number of aliphatic hydroxyl groups excluding tert-OH is 1. The summed E-state index contributed by atoms with van der Waals surface area (Å²) in [5.74, 6) is -0.0284. The highest BCUT2D eigenvalue weighted by Gasteiger charge is 1.95. The average molecular weight is 199 g/mol. The topological polar surface area (TPSA) is 58.0 Å². The van der Waals surface area contributed by atoms with Gasteiger partial charge in [-0.1, -0.05) is 0 Å². The molecular formula is C9H14FN3O. The van der Waals surface area contributed by atoms with Crippen molar-refractivity contribution in [3.63, 3.8) is 0 Å². The largest absolute Gasteiger partial charge is 0.396 e. The average Bonchev–Trinajstić information content (AvgIpc) is 2.18. The molecule has 1 heterocycles. The van der Waals surface area contributed by atoms with E-state index in [4.69, 9.17) is 5.11 Å². The van der Waals surface area contributed by atoms with Gasteiger partial charge in [-0.15, -0.1) is 0 Å². The Balaban J connectivity index is 2.18. The van der Waals surface area contributed by atoms with Gasteiger partial charge in [-0.2, -0.15) is 4.39 Å². The second kappa shape index (κ2) is 6.26. The van der Waals surface area contributed by atoms with Crippen LogP contribution in [0.1, 0.15) is 19.3 Å². The molecule has 4 nitrogen and oxygen atoms in total. The second-order valence-corrected chi connectivity index (χ2v) is 2.94. The highest BCUT2D eigenvalue weighted by Crippen LogP contribution is 2.03. The SMILES string of the molecule is OCCCCCNc1cc(F)ncn1. The van der Waals surface area contributed by atoms with Crippen LogP contribution in [0.2, 0.25) is 0 Å². The number of halogens is 1. The van der Waals surface area contributed by atoms with Gasteiger partial charge in [0, 0.05) is 19.2 Å². The van der Waals surface area contributed by atoms with Crippen LogP contribution < -0.4 is 5.32 Å². The lowest BCUT2D eigenvalue weighted by Gasteiger charge is -2.03. The van der Waals surface area contributed by atoms with E-state index < -0.39 is 5.95 Å². The lowest BCUT2D eigenvalue weighted by Crippen LogP contribution is -2.04. The van der Waals surface area contributed by atoms with Crippen LogP contribution in [0.4, 0.5) is 10.2 Å². The van der Waals surface area contributed by atoms with Crippen molar-refractivity contribution in [2.45, 2.75) is 19.3 Å². The summed E-state index contributed by atoms with van der Waals surface area (Å²) in [6, 6.07) is 1.26. The number of nitrogens with one attached hydrogen (secondary N) is 1. The standard InChI is InChI=1S/C9H14FN3O/c10-8-6-9(13-7-12-8)11-4-2-1-3-5-14/h6-7,14H,1-5H2,(H,11,12,13). The molecule has 0 bridgehead atoms. The Morgan fingerprint density at radius 1 is 1.29 bits per heavy atom. The summed E-state index contributed by atoms with van der Waals surface area (Å²) < 4.78 is 12.6. The van der Waals surface area contributed by atoms with E-state index in [1.54, 1.807) is 0 Å². The molecule has 0 aliphatic carbocycles. The van der Waals surface area contributed by atoms with Crippen LogP contribution in [-0.2, 0) is 0 Å². The number of rotatable bonds is 6. The molecule has 2 N–H and O–H groups in total. The molecule has 0 radical (unpaired) electrons. The summed E-state index contributed by atoms with van der Waals surface area (Å²) in [6.45, 7) is 0.957. The summed E-state index contributed by atoms with van der Waals surface area (Å²) in [6.07, 6.45) is 3.88. The van der Waals surface area contributed by atoms with Crippen molar-refractivity contribution in [1.29, 1.82) is 0 Å². The van der Waals surface area contributed by atoms with E-state index in [2.05, 4.69) is 15.3 Å². The van der Waals surface area contributed by atoms with Crippen LogP contribution in [0, 0.1) is 5.95 Å². The van der Waals surface area contributed by atoms with E-state index in [0.717, 1.165) is 25.8 Å². The Labute approximate surface area is 82.2 Å². The third kappa shape index (κ3) is 4.13. The molecule has 0 aliphatic heterocycles. The Hall–Kier alpha value is -1.23. The van der Waals surface area contributed by atoms with Crippen molar-refractivity contribution >= 4 is 5.82 Å². The molecule has 0 spiro atoms. The Kier molecular flexibility index (Phi) is 4.85. The molecule has 0 amide bonds. The van der Waals surface area contributed by atoms with Crippen LogP contribution in [0.5, 0.6) is 0 Å². The first-order valence-electron chi connectivity index (χ1n) is 4.65. The first kappa shape index (κ1) is 10.8. The van der Waals surface area contributed by atoms with E-state index >= 15 is 0 Å². The van der Waals surface area contributed by atoms with E-state index in [-0.39, 0.29) is 6.61 Å². The molecule has 0 aliphatic rings. The zero-order chi connectivity index (χ0) is 10.2. The van der Waals surface area contributed by atoms with Crippen molar-refractivity contribution < 1.29 is 9.50 Å². The van der Waals surface area contributed by atoms with Crippen molar-refractivity contribution in [2.75, 3.05) is 18.5 Å². The summed E-state index contributed by atoms with van der Waals surface area (Å²) in [7, 11) is 0. The number of hydrogen-bond acceptors (Lipinski definition) is 4. The number of anilines is 1. The molecule has 14 heavy (non-hydrogen) atoms. The van der Waals surface area contributed by atoms with Crippen LogP contribution in [0.25, 0.3) is 0 Å². The van der Waals surface area contributed by atoms with E-state index in [1.165, 1.54) is 12.4 Å². The number of aliphatic hydroxyl groups is 1. The molecule has 1 aromatic heterocycles. The van der Waals surface area contributed by atoms with Gasteiger partial charge in [-0.3, -0.25) is 0 Å². The van der Waals surface area contributed by atoms with Gasteiger partial charge in [0.1, 0.15) is 12.1 Å². The quantitative estimate of drug-likeness (QED) is 0.533. The fourth-order valence-corrected chi connectivity index (χ4v) is 1.06. The molecule has 0 saturated heterocycles. The number of unbranched alkanes of at least 4 members (excludes halogenated alkanes) is 2. The molecule has 0 fully saturated rings. The molecule has 5 heteroatoms. The normalized spacial score (nSPS) is 10.1. The molecule has 0 atom stereocenters. The third-order valence-electron chi connectivity index (χ3n) is 1.77. The minimum Gasteiger partial charge on any atom is -0.396 e. The van der Waals surface area contributed by atoms with Gasteiger partial charge in [0.05, 0.1) is 0 Å². The zero-order valence-electron chi connectivity index (χ0n) is 7.91. The molecule has 0 saturated carbocycles. The third-order valence-corrected chi connectivity index (χ3v) is 1.77. The summed E-state index contributed by atoms with van der Waals surface area (Å²) >= 11 is 0. The van der Waals surface area contributed by atoms with Gasteiger partial charge in [0.2, 0.25) is 5.95 Å². The molecule has 78 valence electrons. The van der Waals surface area contributed by atoms with Gasteiger partial charge in [-0.25, -0.2) is 9.97 Å². The van der Waals surface area contributed by atoms with Gasteiger partial charge < -0.3 is 10.4 Å². The Morgan fingerprint density at radius 3 is 2.86 bits per heavy atom.